The van der Waals surface area contributed by atoms with Crippen LogP contribution in [0.3, 0.4) is 0 Å². The SMILES string of the molecule is CC[C@@H](CC(=O)O)NC(=O)C(F)(F)C(NC(=O)OCC1c2ccccc2-c2ccccc21)C1CC1. The third-order valence-corrected chi connectivity index (χ3v) is 6.65. The third kappa shape index (κ3) is 5.28. The Morgan fingerprint density at radius 3 is 2.11 bits per heavy atom. The Balaban J connectivity index is 1.42. The van der Waals surface area contributed by atoms with E-state index in [1.54, 1.807) is 6.92 Å². The van der Waals surface area contributed by atoms with E-state index in [4.69, 9.17) is 9.84 Å². The van der Waals surface area contributed by atoms with E-state index in [1.807, 2.05) is 48.5 Å². The van der Waals surface area contributed by atoms with E-state index in [0.29, 0.717) is 12.8 Å². The number of amides is 2. The van der Waals surface area contributed by atoms with Crippen molar-refractivity contribution in [1.82, 2.24) is 10.6 Å². The van der Waals surface area contributed by atoms with E-state index >= 15 is 8.78 Å². The number of carbonyl (C=O) groups is 3. The summed E-state index contributed by atoms with van der Waals surface area (Å²) in [6, 6.07) is 12.9. The van der Waals surface area contributed by atoms with Gasteiger partial charge in [0.25, 0.3) is 5.91 Å². The molecule has 0 radical (unpaired) electrons. The number of fused-ring (bicyclic) bond motifs is 3. The van der Waals surface area contributed by atoms with Crippen LogP contribution in [0.5, 0.6) is 0 Å². The largest absolute Gasteiger partial charge is 0.481 e. The number of carboxylic acid groups (broad SMARTS) is 1. The van der Waals surface area contributed by atoms with Crippen LogP contribution < -0.4 is 10.6 Å². The van der Waals surface area contributed by atoms with Gasteiger partial charge >= 0.3 is 18.0 Å². The lowest BCUT2D eigenvalue weighted by atomic mass is 9.98. The molecule has 35 heavy (non-hydrogen) atoms. The topological polar surface area (TPSA) is 105 Å². The van der Waals surface area contributed by atoms with E-state index in [9.17, 15) is 14.4 Å². The average molecular weight is 487 g/mol. The lowest BCUT2D eigenvalue weighted by Crippen LogP contribution is -2.58. The number of ether oxygens (including phenoxy) is 1. The van der Waals surface area contributed by atoms with Crippen LogP contribution in [0.1, 0.15) is 49.7 Å². The molecule has 0 bridgehead atoms. The number of carbonyl (C=O) groups excluding carboxylic acids is 2. The van der Waals surface area contributed by atoms with Gasteiger partial charge in [-0.2, -0.15) is 8.78 Å². The van der Waals surface area contributed by atoms with Crippen LogP contribution in [0.2, 0.25) is 0 Å². The van der Waals surface area contributed by atoms with E-state index in [-0.39, 0.29) is 18.9 Å². The third-order valence-electron chi connectivity index (χ3n) is 6.65. The number of rotatable bonds is 10. The first-order chi connectivity index (χ1) is 16.7. The van der Waals surface area contributed by atoms with Crippen LogP contribution in [0.25, 0.3) is 11.1 Å². The monoisotopic (exact) mass is 486 g/mol. The number of alkyl carbamates (subject to hydrolysis) is 1. The normalized spacial score (nSPS) is 16.5. The average Bonchev–Trinajstić information content (AvgIpc) is 3.62. The van der Waals surface area contributed by atoms with Gasteiger partial charge in [0.2, 0.25) is 0 Å². The Kier molecular flexibility index (Phi) is 7.05. The molecule has 2 aliphatic carbocycles. The van der Waals surface area contributed by atoms with Crippen molar-refractivity contribution in [2.45, 2.75) is 56.5 Å². The summed E-state index contributed by atoms with van der Waals surface area (Å²) in [6.45, 7) is 1.56. The maximum Gasteiger partial charge on any atom is 0.407 e. The minimum absolute atomic E-state index is 0.0362. The van der Waals surface area contributed by atoms with Crippen molar-refractivity contribution < 1.29 is 33.0 Å². The molecule has 186 valence electrons. The summed E-state index contributed by atoms with van der Waals surface area (Å²) in [5.74, 6) is -7.50. The molecule has 9 heteroatoms. The summed E-state index contributed by atoms with van der Waals surface area (Å²) in [5, 5.41) is 13.2. The number of halogens is 2. The Morgan fingerprint density at radius 2 is 1.60 bits per heavy atom. The first-order valence-corrected chi connectivity index (χ1v) is 11.7. The van der Waals surface area contributed by atoms with Crippen molar-refractivity contribution in [3.05, 3.63) is 59.7 Å². The van der Waals surface area contributed by atoms with Gasteiger partial charge in [-0.25, -0.2) is 4.79 Å². The Hall–Kier alpha value is -3.49. The van der Waals surface area contributed by atoms with E-state index in [1.165, 1.54) is 0 Å². The van der Waals surface area contributed by atoms with Crippen molar-refractivity contribution in [3.63, 3.8) is 0 Å². The van der Waals surface area contributed by atoms with E-state index in [0.717, 1.165) is 22.3 Å². The van der Waals surface area contributed by atoms with Gasteiger partial charge in [-0.05, 0) is 47.4 Å². The summed E-state index contributed by atoms with van der Waals surface area (Å²) >= 11 is 0. The number of hydrogen-bond donors (Lipinski definition) is 3. The molecular weight excluding hydrogens is 458 g/mol. The highest BCUT2D eigenvalue weighted by Crippen LogP contribution is 2.44. The van der Waals surface area contributed by atoms with Gasteiger partial charge in [-0.3, -0.25) is 9.59 Å². The van der Waals surface area contributed by atoms with Gasteiger partial charge < -0.3 is 20.5 Å². The maximum absolute atomic E-state index is 15.1. The number of aliphatic carboxylic acids is 1. The van der Waals surface area contributed by atoms with Crippen LogP contribution in [0.15, 0.2) is 48.5 Å². The van der Waals surface area contributed by atoms with Crippen LogP contribution in [0.4, 0.5) is 13.6 Å². The second-order valence-electron chi connectivity index (χ2n) is 9.08. The zero-order valence-corrected chi connectivity index (χ0v) is 19.3. The van der Waals surface area contributed by atoms with Gasteiger partial charge in [-0.1, -0.05) is 55.5 Å². The lowest BCUT2D eigenvalue weighted by molar-refractivity contribution is -0.152. The second-order valence-corrected chi connectivity index (χ2v) is 9.08. The Bertz CT molecular complexity index is 1070. The summed E-state index contributed by atoms with van der Waals surface area (Å²) in [5.41, 5.74) is 4.08. The summed E-state index contributed by atoms with van der Waals surface area (Å²) in [7, 11) is 0. The van der Waals surface area contributed by atoms with Crippen molar-refractivity contribution in [3.8, 4) is 11.1 Å². The van der Waals surface area contributed by atoms with Crippen LogP contribution in [-0.4, -0.2) is 47.7 Å². The highest BCUT2D eigenvalue weighted by atomic mass is 19.3. The maximum atomic E-state index is 15.1. The minimum Gasteiger partial charge on any atom is -0.481 e. The number of benzene rings is 2. The highest BCUT2D eigenvalue weighted by Gasteiger charge is 2.54. The summed E-state index contributed by atoms with van der Waals surface area (Å²) < 4.78 is 35.5. The zero-order valence-electron chi connectivity index (χ0n) is 19.3. The molecule has 1 fully saturated rings. The molecule has 2 amide bonds. The summed E-state index contributed by atoms with van der Waals surface area (Å²) in [4.78, 5) is 35.9. The van der Waals surface area contributed by atoms with Gasteiger partial charge in [0, 0.05) is 12.0 Å². The smallest absolute Gasteiger partial charge is 0.407 e. The highest BCUT2D eigenvalue weighted by molar-refractivity contribution is 5.86. The van der Waals surface area contributed by atoms with Gasteiger partial charge in [0.1, 0.15) is 12.6 Å². The molecule has 7 nitrogen and oxygen atoms in total. The molecule has 3 N–H and O–H groups in total. The number of alkyl halides is 2. The molecule has 2 atom stereocenters. The van der Waals surface area contributed by atoms with E-state index in [2.05, 4.69) is 10.6 Å². The molecule has 2 aromatic rings. The molecule has 0 heterocycles. The predicted octanol–water partition coefficient (Wildman–Crippen LogP) is 4.31. The van der Waals surface area contributed by atoms with Crippen molar-refractivity contribution in [1.29, 1.82) is 0 Å². The molecule has 0 saturated heterocycles. The van der Waals surface area contributed by atoms with Gasteiger partial charge in [0.15, 0.2) is 0 Å². The zero-order chi connectivity index (χ0) is 25.2. The van der Waals surface area contributed by atoms with Gasteiger partial charge in [-0.15, -0.1) is 0 Å². The molecule has 0 spiro atoms. The number of hydrogen-bond acceptors (Lipinski definition) is 4. The Morgan fingerprint density at radius 1 is 1.03 bits per heavy atom. The molecule has 1 saturated carbocycles. The van der Waals surface area contributed by atoms with Crippen molar-refractivity contribution in [2.75, 3.05) is 6.61 Å². The molecular formula is C26H28F2N2O5. The standard InChI is InChI=1S/C26H28F2N2O5/c1-2-16(13-22(31)32)29-24(33)26(27,28)23(15-11-12-15)30-25(34)35-14-21-19-9-5-3-7-17(19)18-8-4-6-10-20(18)21/h3-10,15-16,21,23H,2,11-14H2,1H3,(H,29,33)(H,30,34)(H,31,32)/t16-,23?/m0/s1. The fraction of sp³-hybridized carbons (Fsp3) is 0.423. The molecule has 0 aliphatic heterocycles. The fourth-order valence-electron chi connectivity index (χ4n) is 4.63. The Labute approximate surface area is 201 Å². The minimum atomic E-state index is -3.92. The number of carboxylic acids is 1. The fourth-order valence-corrected chi connectivity index (χ4v) is 4.63. The van der Waals surface area contributed by atoms with Crippen LogP contribution >= 0.6 is 0 Å². The molecule has 1 unspecified atom stereocenters. The summed E-state index contributed by atoms with van der Waals surface area (Å²) in [6.07, 6.45) is -0.407. The molecule has 2 aliphatic rings. The second kappa shape index (κ2) is 10.0. The molecule has 0 aromatic heterocycles. The van der Waals surface area contributed by atoms with Crippen LogP contribution in [0, 0.1) is 5.92 Å². The number of nitrogens with one attached hydrogen (secondary N) is 2. The molecule has 4 rings (SSSR count). The van der Waals surface area contributed by atoms with Gasteiger partial charge in [0.05, 0.1) is 6.42 Å². The van der Waals surface area contributed by atoms with Crippen molar-refractivity contribution in [2.24, 2.45) is 5.92 Å². The molecule has 2 aromatic carbocycles. The quantitative estimate of drug-likeness (QED) is 0.464. The first-order valence-electron chi connectivity index (χ1n) is 11.7. The van der Waals surface area contributed by atoms with E-state index < -0.39 is 48.3 Å². The van der Waals surface area contributed by atoms with Crippen LogP contribution in [-0.2, 0) is 14.3 Å². The lowest BCUT2D eigenvalue weighted by Gasteiger charge is -2.28. The first kappa shape index (κ1) is 24.6. The van der Waals surface area contributed by atoms with Crippen molar-refractivity contribution >= 4 is 18.0 Å². The predicted molar refractivity (Wildman–Crippen MR) is 124 cm³/mol.